The molecule has 128 valence electrons. The maximum Gasteiger partial charge on any atom is 0.168 e. The third-order valence-electron chi connectivity index (χ3n) is 5.10. The number of hydrogen-bond donors (Lipinski definition) is 0. The fourth-order valence-electron chi connectivity index (χ4n) is 3.63. The lowest BCUT2D eigenvalue weighted by molar-refractivity contribution is -0.185. The predicted molar refractivity (Wildman–Crippen MR) is 89.1 cm³/mol. The number of aryl methyl sites for hydroxylation is 1. The monoisotopic (exact) mass is 329 g/mol. The van der Waals surface area contributed by atoms with Gasteiger partial charge in [-0.15, -0.1) is 0 Å². The maximum atomic E-state index is 5.82. The van der Waals surface area contributed by atoms with Crippen LogP contribution in [0, 0.1) is 12.8 Å². The number of piperidine rings is 1. The molecule has 2 aromatic rings. The number of rotatable bonds is 3. The van der Waals surface area contributed by atoms with E-state index in [-0.39, 0.29) is 0 Å². The average Bonchev–Trinajstić information content (AvgIpc) is 3.24. The Hall–Kier alpha value is -1.99. The first-order chi connectivity index (χ1) is 11.7. The minimum absolute atomic E-state index is 0.409. The molecule has 4 heterocycles. The normalized spacial score (nSPS) is 21.3. The third kappa shape index (κ3) is 2.78. The van der Waals surface area contributed by atoms with Crippen LogP contribution < -0.4 is 4.90 Å². The minimum atomic E-state index is -0.409. The summed E-state index contributed by atoms with van der Waals surface area (Å²) in [6.07, 6.45) is 9.36. The van der Waals surface area contributed by atoms with Gasteiger partial charge in [-0.3, -0.25) is 9.55 Å². The van der Waals surface area contributed by atoms with E-state index >= 15 is 0 Å². The molecule has 0 N–H and O–H groups in total. The van der Waals surface area contributed by atoms with Gasteiger partial charge in [0.1, 0.15) is 11.6 Å². The molecular formula is C17H23N5O2. The van der Waals surface area contributed by atoms with Crippen molar-refractivity contribution in [1.82, 2.24) is 19.5 Å². The van der Waals surface area contributed by atoms with Gasteiger partial charge >= 0.3 is 0 Å². The van der Waals surface area contributed by atoms with E-state index in [1.807, 2.05) is 23.9 Å². The lowest BCUT2D eigenvalue weighted by atomic mass is 9.89. The molecule has 2 aromatic heterocycles. The maximum absolute atomic E-state index is 5.82. The summed E-state index contributed by atoms with van der Waals surface area (Å²) >= 11 is 0. The second-order valence-corrected chi connectivity index (χ2v) is 6.55. The number of aromatic nitrogens is 4. The Morgan fingerprint density at radius 2 is 1.83 bits per heavy atom. The smallest absolute Gasteiger partial charge is 0.168 e. The summed E-state index contributed by atoms with van der Waals surface area (Å²) in [6.45, 7) is 7.32. The summed E-state index contributed by atoms with van der Waals surface area (Å²) in [5.74, 6) is 2.65. The third-order valence-corrected chi connectivity index (χ3v) is 5.10. The van der Waals surface area contributed by atoms with Crippen LogP contribution in [0.1, 0.15) is 25.6 Å². The Labute approximate surface area is 141 Å². The van der Waals surface area contributed by atoms with Crippen LogP contribution in [0.3, 0.4) is 0 Å². The minimum Gasteiger partial charge on any atom is -0.355 e. The molecule has 0 aromatic carbocycles. The molecule has 7 nitrogen and oxygen atoms in total. The van der Waals surface area contributed by atoms with Gasteiger partial charge < -0.3 is 14.4 Å². The highest BCUT2D eigenvalue weighted by atomic mass is 16.7. The van der Waals surface area contributed by atoms with Crippen LogP contribution in [0.15, 0.2) is 24.8 Å². The van der Waals surface area contributed by atoms with E-state index in [9.17, 15) is 0 Å². The van der Waals surface area contributed by atoms with Gasteiger partial charge in [-0.1, -0.05) is 0 Å². The Bertz CT molecular complexity index is 703. The van der Waals surface area contributed by atoms with Crippen LogP contribution in [0.4, 0.5) is 5.82 Å². The molecule has 0 spiro atoms. The number of imidazole rings is 1. The van der Waals surface area contributed by atoms with E-state index in [2.05, 4.69) is 21.8 Å². The van der Waals surface area contributed by atoms with Crippen molar-refractivity contribution in [3.05, 3.63) is 30.6 Å². The van der Waals surface area contributed by atoms with Gasteiger partial charge in [-0.05, 0) is 26.7 Å². The molecule has 2 aliphatic heterocycles. The van der Waals surface area contributed by atoms with E-state index < -0.39 is 5.79 Å². The number of ether oxygens (including phenoxy) is 2. The van der Waals surface area contributed by atoms with Crippen molar-refractivity contribution >= 4 is 5.82 Å². The van der Waals surface area contributed by atoms with E-state index in [1.54, 1.807) is 12.4 Å². The van der Waals surface area contributed by atoms with Gasteiger partial charge in [0.25, 0.3) is 0 Å². The van der Waals surface area contributed by atoms with Crippen LogP contribution in [0.25, 0.3) is 5.82 Å². The number of anilines is 1. The fourth-order valence-corrected chi connectivity index (χ4v) is 3.63. The first-order valence-electron chi connectivity index (χ1n) is 8.51. The quantitative estimate of drug-likeness (QED) is 0.857. The van der Waals surface area contributed by atoms with Crippen molar-refractivity contribution in [2.24, 2.45) is 5.92 Å². The van der Waals surface area contributed by atoms with Crippen LogP contribution in [-0.4, -0.2) is 51.6 Å². The molecule has 7 heteroatoms. The lowest BCUT2D eigenvalue weighted by Gasteiger charge is -2.39. The Kier molecular flexibility index (Phi) is 3.97. The molecule has 4 rings (SSSR count). The molecule has 0 unspecified atom stereocenters. The van der Waals surface area contributed by atoms with E-state index in [0.717, 1.165) is 43.4 Å². The molecule has 0 aliphatic carbocycles. The number of nitrogens with zero attached hydrogens (tertiary/aromatic N) is 5. The molecule has 0 atom stereocenters. The second kappa shape index (κ2) is 6.14. The largest absolute Gasteiger partial charge is 0.355 e. The van der Waals surface area contributed by atoms with Crippen molar-refractivity contribution in [3.8, 4) is 5.82 Å². The van der Waals surface area contributed by atoms with Gasteiger partial charge in [0, 0.05) is 31.4 Å². The van der Waals surface area contributed by atoms with Crippen LogP contribution in [0.5, 0.6) is 0 Å². The van der Waals surface area contributed by atoms with Crippen molar-refractivity contribution in [1.29, 1.82) is 0 Å². The van der Waals surface area contributed by atoms with Gasteiger partial charge in [-0.2, -0.15) is 0 Å². The molecule has 2 aliphatic rings. The predicted octanol–water partition coefficient (Wildman–Crippen LogP) is 1.95. The summed E-state index contributed by atoms with van der Waals surface area (Å²) in [5.41, 5.74) is 0. The van der Waals surface area contributed by atoms with Gasteiger partial charge in [0.05, 0.1) is 25.6 Å². The van der Waals surface area contributed by atoms with Crippen molar-refractivity contribution in [2.75, 3.05) is 31.2 Å². The molecule has 0 saturated carbocycles. The zero-order valence-corrected chi connectivity index (χ0v) is 14.2. The zero-order valence-electron chi connectivity index (χ0n) is 14.2. The summed E-state index contributed by atoms with van der Waals surface area (Å²) < 4.78 is 13.6. The Morgan fingerprint density at radius 1 is 1.12 bits per heavy atom. The SMILES string of the molecule is Cc1nccn1-c1cncc(N2CCC(C3(C)OCCO3)CC2)n1. The first-order valence-corrected chi connectivity index (χ1v) is 8.51. The number of hydrogen-bond acceptors (Lipinski definition) is 6. The van der Waals surface area contributed by atoms with Crippen molar-refractivity contribution in [3.63, 3.8) is 0 Å². The Balaban J connectivity index is 1.47. The fraction of sp³-hybridized carbons (Fsp3) is 0.588. The molecule has 2 saturated heterocycles. The van der Waals surface area contributed by atoms with E-state index in [1.165, 1.54) is 0 Å². The molecule has 0 amide bonds. The van der Waals surface area contributed by atoms with Crippen LogP contribution in [-0.2, 0) is 9.47 Å². The highest BCUT2D eigenvalue weighted by molar-refractivity contribution is 5.40. The molecular weight excluding hydrogens is 306 g/mol. The van der Waals surface area contributed by atoms with Crippen LogP contribution >= 0.6 is 0 Å². The van der Waals surface area contributed by atoms with E-state index in [4.69, 9.17) is 14.5 Å². The van der Waals surface area contributed by atoms with Gasteiger partial charge in [0.2, 0.25) is 0 Å². The van der Waals surface area contributed by atoms with Gasteiger partial charge in [0.15, 0.2) is 11.6 Å². The molecule has 24 heavy (non-hydrogen) atoms. The molecule has 0 bridgehead atoms. The second-order valence-electron chi connectivity index (χ2n) is 6.55. The lowest BCUT2D eigenvalue weighted by Crippen LogP contribution is -2.44. The van der Waals surface area contributed by atoms with Gasteiger partial charge in [-0.25, -0.2) is 9.97 Å². The van der Waals surface area contributed by atoms with Crippen molar-refractivity contribution < 1.29 is 9.47 Å². The summed E-state index contributed by atoms with van der Waals surface area (Å²) in [6, 6.07) is 0. The zero-order chi connectivity index (χ0) is 16.6. The molecule has 0 radical (unpaired) electrons. The average molecular weight is 329 g/mol. The highest BCUT2D eigenvalue weighted by Gasteiger charge is 2.41. The summed E-state index contributed by atoms with van der Waals surface area (Å²) in [7, 11) is 0. The topological polar surface area (TPSA) is 65.3 Å². The van der Waals surface area contributed by atoms with Crippen LogP contribution in [0.2, 0.25) is 0 Å². The Morgan fingerprint density at radius 3 is 2.50 bits per heavy atom. The summed E-state index contributed by atoms with van der Waals surface area (Å²) in [4.78, 5) is 15.7. The first kappa shape index (κ1) is 15.5. The molecule has 2 fully saturated rings. The highest BCUT2D eigenvalue weighted by Crippen LogP contribution is 2.35. The van der Waals surface area contributed by atoms with Crippen molar-refractivity contribution in [2.45, 2.75) is 32.5 Å². The summed E-state index contributed by atoms with van der Waals surface area (Å²) in [5, 5.41) is 0. The van der Waals surface area contributed by atoms with E-state index in [0.29, 0.717) is 19.1 Å². The standard InChI is InChI=1S/C17H23N5O2/c1-13-19-5-8-22(13)16-12-18-11-15(20-16)21-6-3-14(4-7-21)17(2)23-9-10-24-17/h5,8,11-12,14H,3-4,6-7,9-10H2,1-2H3.